The number of hydrogen-bond acceptors (Lipinski definition) is 3. The zero-order valence-corrected chi connectivity index (χ0v) is 14.4. The number of rotatable bonds is 4. The number of carbonyl (C=O) groups excluding carboxylic acids is 1. The van der Waals surface area contributed by atoms with E-state index in [1.54, 1.807) is 18.0 Å². The van der Waals surface area contributed by atoms with E-state index >= 15 is 0 Å². The molecule has 4 nitrogen and oxygen atoms in total. The van der Waals surface area contributed by atoms with Crippen LogP contribution in [0.2, 0.25) is 0 Å². The van der Waals surface area contributed by atoms with Gasteiger partial charge in [-0.3, -0.25) is 4.79 Å². The molecule has 2 rings (SSSR count). The van der Waals surface area contributed by atoms with Crippen LogP contribution < -0.4 is 10.1 Å². The van der Waals surface area contributed by atoms with Gasteiger partial charge in [-0.05, 0) is 44.0 Å². The number of nitrogens with zero attached hydrogens (tertiary/aromatic N) is 1. The predicted octanol–water partition coefficient (Wildman–Crippen LogP) is 3.35. The average molecular weight is 367 g/mol. The minimum atomic E-state index is -4.72. The third-order valence-corrected chi connectivity index (χ3v) is 3.90. The van der Waals surface area contributed by atoms with Crippen molar-refractivity contribution in [1.29, 1.82) is 0 Å². The zero-order chi connectivity index (χ0) is 17.0. The fourth-order valence-corrected chi connectivity index (χ4v) is 2.86. The van der Waals surface area contributed by atoms with Crippen molar-refractivity contribution in [3.05, 3.63) is 29.8 Å². The first-order valence-electron chi connectivity index (χ1n) is 7.57. The quantitative estimate of drug-likeness (QED) is 0.888. The molecule has 0 unspecified atom stereocenters. The Balaban J connectivity index is 0.00000288. The minimum Gasteiger partial charge on any atom is -0.406 e. The first-order chi connectivity index (χ1) is 10.7. The number of hydrogen-bond donors (Lipinski definition) is 1. The molecule has 0 saturated carbocycles. The van der Waals surface area contributed by atoms with Gasteiger partial charge in [0.05, 0.1) is 0 Å². The lowest BCUT2D eigenvalue weighted by molar-refractivity contribution is -0.274. The topological polar surface area (TPSA) is 41.6 Å². The maximum absolute atomic E-state index is 12.4. The molecular formula is C16H22ClF3N2O2. The van der Waals surface area contributed by atoms with Gasteiger partial charge in [-0.1, -0.05) is 12.1 Å². The highest BCUT2D eigenvalue weighted by molar-refractivity contribution is 5.85. The Morgan fingerprint density at radius 3 is 2.75 bits per heavy atom. The Kier molecular flexibility index (Phi) is 7.35. The number of ether oxygens (including phenoxy) is 1. The van der Waals surface area contributed by atoms with Crippen molar-refractivity contribution in [3.63, 3.8) is 0 Å². The summed E-state index contributed by atoms with van der Waals surface area (Å²) in [4.78, 5) is 14.0. The Morgan fingerprint density at radius 1 is 1.42 bits per heavy atom. The third-order valence-electron chi connectivity index (χ3n) is 3.90. The highest BCUT2D eigenvalue weighted by Gasteiger charge is 2.31. The predicted molar refractivity (Wildman–Crippen MR) is 87.0 cm³/mol. The zero-order valence-electron chi connectivity index (χ0n) is 13.6. The summed E-state index contributed by atoms with van der Waals surface area (Å²) >= 11 is 0. The van der Waals surface area contributed by atoms with E-state index < -0.39 is 6.36 Å². The molecule has 1 amide bonds. The molecule has 1 aliphatic heterocycles. The van der Waals surface area contributed by atoms with Gasteiger partial charge >= 0.3 is 6.36 Å². The molecule has 1 aliphatic rings. The molecule has 1 fully saturated rings. The second-order valence-electron chi connectivity index (χ2n) is 5.97. The molecule has 1 heterocycles. The minimum absolute atomic E-state index is 0. The van der Waals surface area contributed by atoms with E-state index in [-0.39, 0.29) is 36.5 Å². The van der Waals surface area contributed by atoms with Gasteiger partial charge in [0.2, 0.25) is 5.91 Å². The van der Waals surface area contributed by atoms with E-state index in [0.717, 1.165) is 19.4 Å². The lowest BCUT2D eigenvalue weighted by atomic mass is 9.92. The van der Waals surface area contributed by atoms with Crippen LogP contribution in [-0.2, 0) is 11.3 Å². The standard InChI is InChI=1S/C16H21F3N2O2.ClH/c1-11-8-13(6-7-20-11)15(22)21(2)10-12-4-3-5-14(9-12)23-16(17,18)19;/h3-5,9,11,13,20H,6-8,10H2,1-2H3;1H/t11-,13-;/m0./s1. The molecule has 1 N–H and O–H groups in total. The highest BCUT2D eigenvalue weighted by Crippen LogP contribution is 2.24. The van der Waals surface area contributed by atoms with Gasteiger partial charge in [-0.25, -0.2) is 0 Å². The van der Waals surface area contributed by atoms with Crippen LogP contribution in [0.25, 0.3) is 0 Å². The molecular weight excluding hydrogens is 345 g/mol. The summed E-state index contributed by atoms with van der Waals surface area (Å²) in [7, 11) is 1.67. The summed E-state index contributed by atoms with van der Waals surface area (Å²) in [5.41, 5.74) is 0.601. The van der Waals surface area contributed by atoms with Gasteiger partial charge in [0.25, 0.3) is 0 Å². The lowest BCUT2D eigenvalue weighted by Crippen LogP contribution is -2.42. The van der Waals surface area contributed by atoms with Crippen molar-refractivity contribution >= 4 is 18.3 Å². The maximum Gasteiger partial charge on any atom is 0.573 e. The number of piperidine rings is 1. The monoisotopic (exact) mass is 366 g/mol. The molecule has 0 spiro atoms. The number of carbonyl (C=O) groups is 1. The number of halogens is 4. The summed E-state index contributed by atoms with van der Waals surface area (Å²) in [5, 5.41) is 3.29. The van der Waals surface area contributed by atoms with Gasteiger partial charge in [-0.15, -0.1) is 25.6 Å². The van der Waals surface area contributed by atoms with Gasteiger partial charge < -0.3 is 15.0 Å². The fraction of sp³-hybridized carbons (Fsp3) is 0.562. The van der Waals surface area contributed by atoms with Crippen molar-refractivity contribution in [2.24, 2.45) is 5.92 Å². The summed E-state index contributed by atoms with van der Waals surface area (Å²) in [6.07, 6.45) is -3.16. The summed E-state index contributed by atoms with van der Waals surface area (Å²) in [5.74, 6) is -0.280. The number of nitrogens with one attached hydrogen (secondary N) is 1. The first-order valence-corrected chi connectivity index (χ1v) is 7.57. The molecule has 0 bridgehead atoms. The van der Waals surface area contributed by atoms with E-state index in [1.165, 1.54) is 18.2 Å². The maximum atomic E-state index is 12.4. The number of alkyl halides is 3. The van der Waals surface area contributed by atoms with Gasteiger partial charge in [0, 0.05) is 25.6 Å². The summed E-state index contributed by atoms with van der Waals surface area (Å²) in [6, 6.07) is 6.02. The van der Waals surface area contributed by atoms with Crippen molar-refractivity contribution in [3.8, 4) is 5.75 Å². The first kappa shape index (κ1) is 20.6. The fourth-order valence-electron chi connectivity index (χ4n) is 2.86. The number of amides is 1. The van der Waals surface area contributed by atoms with Gasteiger partial charge in [-0.2, -0.15) is 0 Å². The second-order valence-corrected chi connectivity index (χ2v) is 5.97. The van der Waals surface area contributed by atoms with Crippen LogP contribution in [0.1, 0.15) is 25.3 Å². The van der Waals surface area contributed by atoms with Crippen LogP contribution in [-0.4, -0.2) is 36.8 Å². The molecule has 0 aliphatic carbocycles. The van der Waals surface area contributed by atoms with Crippen molar-refractivity contribution in [2.75, 3.05) is 13.6 Å². The molecule has 1 saturated heterocycles. The van der Waals surface area contributed by atoms with Crippen LogP contribution in [0.5, 0.6) is 5.75 Å². The van der Waals surface area contributed by atoms with E-state index in [2.05, 4.69) is 10.1 Å². The molecule has 2 atom stereocenters. The van der Waals surface area contributed by atoms with Gasteiger partial charge in [0.1, 0.15) is 5.75 Å². The molecule has 0 radical (unpaired) electrons. The van der Waals surface area contributed by atoms with Crippen LogP contribution >= 0.6 is 12.4 Å². The van der Waals surface area contributed by atoms with Crippen molar-refractivity contribution < 1.29 is 22.7 Å². The molecule has 24 heavy (non-hydrogen) atoms. The molecule has 1 aromatic carbocycles. The van der Waals surface area contributed by atoms with Crippen LogP contribution in [0.3, 0.4) is 0 Å². The van der Waals surface area contributed by atoms with Crippen LogP contribution in [0.4, 0.5) is 13.2 Å². The SMILES string of the molecule is C[C@H]1C[C@@H](C(=O)N(C)Cc2cccc(OC(F)(F)F)c2)CCN1.Cl. The van der Waals surface area contributed by atoms with Crippen molar-refractivity contribution in [2.45, 2.75) is 38.7 Å². The van der Waals surface area contributed by atoms with Crippen LogP contribution in [0.15, 0.2) is 24.3 Å². The average Bonchev–Trinajstić information content (AvgIpc) is 2.45. The molecule has 1 aromatic rings. The molecule has 8 heteroatoms. The highest BCUT2D eigenvalue weighted by atomic mass is 35.5. The number of benzene rings is 1. The van der Waals surface area contributed by atoms with E-state index in [4.69, 9.17) is 0 Å². The second kappa shape index (κ2) is 8.58. The van der Waals surface area contributed by atoms with E-state index in [0.29, 0.717) is 11.6 Å². The normalized spacial score (nSPS) is 20.9. The Hall–Kier alpha value is -1.47. The lowest BCUT2D eigenvalue weighted by Gasteiger charge is -2.30. The smallest absolute Gasteiger partial charge is 0.406 e. The Bertz CT molecular complexity index is 554. The summed E-state index contributed by atoms with van der Waals surface area (Å²) < 4.78 is 40.7. The van der Waals surface area contributed by atoms with Gasteiger partial charge in [0.15, 0.2) is 0 Å². The molecule has 136 valence electrons. The summed E-state index contributed by atoms with van der Waals surface area (Å²) in [6.45, 7) is 3.10. The Labute approximate surface area is 145 Å². The largest absolute Gasteiger partial charge is 0.573 e. The van der Waals surface area contributed by atoms with Crippen molar-refractivity contribution in [1.82, 2.24) is 10.2 Å². The third kappa shape index (κ3) is 6.20. The van der Waals surface area contributed by atoms with E-state index in [9.17, 15) is 18.0 Å². The van der Waals surface area contributed by atoms with E-state index in [1.807, 2.05) is 6.92 Å². The Morgan fingerprint density at radius 2 is 2.12 bits per heavy atom. The molecule has 0 aromatic heterocycles. The van der Waals surface area contributed by atoms with Crippen LogP contribution in [0, 0.1) is 5.92 Å².